The number of hydrogen-bond acceptors (Lipinski definition) is 5. The van der Waals surface area contributed by atoms with Crippen molar-refractivity contribution in [3.05, 3.63) is 50.5 Å². The van der Waals surface area contributed by atoms with Gasteiger partial charge < -0.3 is 9.47 Å². The Kier molecular flexibility index (Phi) is 4.37. The molecule has 8 heteroatoms. The Balaban J connectivity index is 2.51. The maximum atomic E-state index is 13.8. The number of pyridine rings is 1. The molecule has 6 nitrogen and oxygen atoms in total. The standard InChI is InChI=1S/C13H10BrFN2O4/c1-7-3-4-10(13(14)16-7)21-11-6-8(20-2)5-9(15)12(11)17(18)19/h3-6H,1-2H3. The molecule has 0 N–H and O–H groups in total. The maximum Gasteiger partial charge on any atom is 0.347 e. The van der Waals surface area contributed by atoms with Crippen LogP contribution in [0.4, 0.5) is 10.1 Å². The van der Waals surface area contributed by atoms with Gasteiger partial charge in [0.2, 0.25) is 11.6 Å². The topological polar surface area (TPSA) is 74.5 Å². The summed E-state index contributed by atoms with van der Waals surface area (Å²) in [7, 11) is 1.33. The molecule has 0 unspecified atom stereocenters. The molecular weight excluding hydrogens is 347 g/mol. The van der Waals surface area contributed by atoms with E-state index < -0.39 is 16.4 Å². The third kappa shape index (κ3) is 3.27. The van der Waals surface area contributed by atoms with Crippen molar-refractivity contribution in [1.29, 1.82) is 0 Å². The number of aromatic nitrogens is 1. The molecule has 0 atom stereocenters. The molecule has 110 valence electrons. The third-order valence-electron chi connectivity index (χ3n) is 2.59. The van der Waals surface area contributed by atoms with Crippen molar-refractivity contribution >= 4 is 21.6 Å². The smallest absolute Gasteiger partial charge is 0.347 e. The fourth-order valence-electron chi connectivity index (χ4n) is 1.63. The van der Waals surface area contributed by atoms with E-state index in [-0.39, 0.29) is 17.2 Å². The average molecular weight is 357 g/mol. The lowest BCUT2D eigenvalue weighted by Gasteiger charge is -2.10. The van der Waals surface area contributed by atoms with Gasteiger partial charge in [-0.3, -0.25) is 10.1 Å². The number of hydrogen-bond donors (Lipinski definition) is 0. The quantitative estimate of drug-likeness (QED) is 0.470. The SMILES string of the molecule is COc1cc(F)c([N+](=O)[O-])c(Oc2ccc(C)nc2Br)c1. The largest absolute Gasteiger partial charge is 0.497 e. The van der Waals surface area contributed by atoms with Gasteiger partial charge in [0.05, 0.1) is 12.0 Å². The molecule has 2 rings (SSSR count). The molecule has 0 saturated carbocycles. The number of halogens is 2. The Hall–Kier alpha value is -2.22. The number of rotatable bonds is 4. The fraction of sp³-hybridized carbons (Fsp3) is 0.154. The molecule has 1 aromatic heterocycles. The number of nitrogens with zero attached hydrogens (tertiary/aromatic N) is 2. The summed E-state index contributed by atoms with van der Waals surface area (Å²) < 4.78 is 24.4. The van der Waals surface area contributed by atoms with Crippen molar-refractivity contribution in [3.8, 4) is 17.2 Å². The zero-order valence-corrected chi connectivity index (χ0v) is 12.7. The van der Waals surface area contributed by atoms with Crippen LogP contribution in [0.1, 0.15) is 5.69 Å². The number of ether oxygens (including phenoxy) is 2. The number of benzene rings is 1. The first-order valence-corrected chi connectivity index (χ1v) is 6.54. The van der Waals surface area contributed by atoms with Gasteiger partial charge in [0.1, 0.15) is 10.4 Å². The lowest BCUT2D eigenvalue weighted by atomic mass is 10.2. The van der Waals surface area contributed by atoms with E-state index >= 15 is 0 Å². The Labute approximate surface area is 127 Å². The highest BCUT2D eigenvalue weighted by atomic mass is 79.9. The fourth-order valence-corrected chi connectivity index (χ4v) is 2.12. The van der Waals surface area contributed by atoms with Crippen LogP contribution in [0.25, 0.3) is 0 Å². The molecule has 0 fully saturated rings. The lowest BCUT2D eigenvalue weighted by Crippen LogP contribution is -1.99. The monoisotopic (exact) mass is 356 g/mol. The van der Waals surface area contributed by atoms with Gasteiger partial charge in [-0.05, 0) is 35.0 Å². The molecule has 1 aromatic carbocycles. The summed E-state index contributed by atoms with van der Waals surface area (Å²) in [5.74, 6) is -0.950. The van der Waals surface area contributed by atoms with Crippen LogP contribution in [0.2, 0.25) is 0 Å². The predicted octanol–water partition coefficient (Wildman–Crippen LogP) is 4.00. The average Bonchev–Trinajstić information content (AvgIpc) is 2.40. The Morgan fingerprint density at radius 2 is 2.05 bits per heavy atom. The van der Waals surface area contributed by atoms with Crippen LogP contribution in [-0.2, 0) is 0 Å². The summed E-state index contributed by atoms with van der Waals surface area (Å²) in [4.78, 5) is 14.2. The van der Waals surface area contributed by atoms with Crippen LogP contribution in [0.15, 0.2) is 28.9 Å². The second kappa shape index (κ2) is 6.04. The first-order valence-electron chi connectivity index (χ1n) is 5.75. The summed E-state index contributed by atoms with van der Waals surface area (Å²) in [6.45, 7) is 1.78. The number of methoxy groups -OCH3 is 1. The zero-order chi connectivity index (χ0) is 15.6. The van der Waals surface area contributed by atoms with E-state index in [4.69, 9.17) is 9.47 Å². The molecule has 0 spiro atoms. The lowest BCUT2D eigenvalue weighted by molar-refractivity contribution is -0.388. The first-order chi connectivity index (χ1) is 9.92. The molecule has 2 aromatic rings. The highest BCUT2D eigenvalue weighted by molar-refractivity contribution is 9.10. The minimum atomic E-state index is -1.04. The molecule has 0 aliphatic heterocycles. The highest BCUT2D eigenvalue weighted by Gasteiger charge is 2.24. The molecule has 0 saturated heterocycles. The van der Waals surface area contributed by atoms with E-state index in [0.29, 0.717) is 4.60 Å². The van der Waals surface area contributed by atoms with E-state index in [1.165, 1.54) is 13.2 Å². The van der Waals surface area contributed by atoms with Crippen molar-refractivity contribution in [2.75, 3.05) is 7.11 Å². The summed E-state index contributed by atoms with van der Waals surface area (Å²) in [6, 6.07) is 5.41. The van der Waals surface area contributed by atoms with Crippen molar-refractivity contribution in [2.45, 2.75) is 6.92 Å². The maximum absolute atomic E-state index is 13.8. The second-order valence-corrected chi connectivity index (χ2v) is 4.81. The summed E-state index contributed by atoms with van der Waals surface area (Å²) in [6.07, 6.45) is 0. The van der Waals surface area contributed by atoms with E-state index in [1.807, 2.05) is 0 Å². The van der Waals surface area contributed by atoms with E-state index in [9.17, 15) is 14.5 Å². The van der Waals surface area contributed by atoms with Crippen molar-refractivity contribution in [1.82, 2.24) is 4.98 Å². The number of nitro groups is 1. The van der Waals surface area contributed by atoms with Crippen LogP contribution in [0.5, 0.6) is 17.2 Å². The van der Waals surface area contributed by atoms with Crippen molar-refractivity contribution in [2.24, 2.45) is 0 Å². The third-order valence-corrected chi connectivity index (χ3v) is 3.16. The van der Waals surface area contributed by atoms with Crippen LogP contribution in [-0.4, -0.2) is 17.0 Å². The van der Waals surface area contributed by atoms with Crippen LogP contribution < -0.4 is 9.47 Å². The van der Waals surface area contributed by atoms with E-state index in [2.05, 4.69) is 20.9 Å². The Morgan fingerprint density at radius 1 is 1.33 bits per heavy atom. The van der Waals surface area contributed by atoms with Gasteiger partial charge in [0.25, 0.3) is 0 Å². The van der Waals surface area contributed by atoms with Gasteiger partial charge in [0, 0.05) is 17.8 Å². The molecule has 0 amide bonds. The molecule has 0 radical (unpaired) electrons. The van der Waals surface area contributed by atoms with Gasteiger partial charge in [-0.1, -0.05) is 0 Å². The van der Waals surface area contributed by atoms with Crippen LogP contribution in [0, 0.1) is 22.9 Å². The van der Waals surface area contributed by atoms with Crippen molar-refractivity contribution in [3.63, 3.8) is 0 Å². The minimum absolute atomic E-state index is 0.115. The Morgan fingerprint density at radius 3 is 2.62 bits per heavy atom. The van der Waals surface area contributed by atoms with Crippen LogP contribution >= 0.6 is 15.9 Å². The van der Waals surface area contributed by atoms with Gasteiger partial charge in [-0.25, -0.2) is 4.98 Å². The predicted molar refractivity (Wildman–Crippen MR) is 76.4 cm³/mol. The zero-order valence-electron chi connectivity index (χ0n) is 11.1. The molecule has 21 heavy (non-hydrogen) atoms. The van der Waals surface area contributed by atoms with Gasteiger partial charge >= 0.3 is 5.69 Å². The minimum Gasteiger partial charge on any atom is -0.497 e. The van der Waals surface area contributed by atoms with Crippen molar-refractivity contribution < 1.29 is 18.8 Å². The van der Waals surface area contributed by atoms with Gasteiger partial charge in [-0.15, -0.1) is 0 Å². The normalized spacial score (nSPS) is 10.3. The second-order valence-electron chi connectivity index (χ2n) is 4.06. The van der Waals surface area contributed by atoms with Gasteiger partial charge in [0.15, 0.2) is 5.75 Å². The summed E-state index contributed by atoms with van der Waals surface area (Å²) in [5, 5.41) is 11.0. The highest BCUT2D eigenvalue weighted by Crippen LogP contribution is 2.38. The van der Waals surface area contributed by atoms with E-state index in [1.54, 1.807) is 19.1 Å². The van der Waals surface area contributed by atoms with Gasteiger partial charge in [-0.2, -0.15) is 4.39 Å². The van der Waals surface area contributed by atoms with E-state index in [0.717, 1.165) is 11.8 Å². The molecule has 0 bridgehead atoms. The molecule has 1 heterocycles. The van der Waals surface area contributed by atoms with Crippen LogP contribution in [0.3, 0.4) is 0 Å². The molecular formula is C13H10BrFN2O4. The molecule has 0 aliphatic carbocycles. The summed E-state index contributed by atoms with van der Waals surface area (Å²) >= 11 is 3.19. The Bertz CT molecular complexity index is 709. The number of aryl methyl sites for hydroxylation is 1. The molecule has 0 aliphatic rings. The summed E-state index contributed by atoms with van der Waals surface area (Å²) in [5.41, 5.74) is -0.0242. The first kappa shape index (κ1) is 15.2. The number of nitro benzene ring substituents is 1.